The average molecular weight is 214 g/mol. The first-order chi connectivity index (χ1) is 6.06. The van der Waals surface area contributed by atoms with Crippen LogP contribution < -0.4 is 0 Å². The molecule has 0 amide bonds. The SMILES string of the molecule is C=C(CC(C)=O)O[Si](C)(C)C(C)(C)C. The molecule has 0 radical (unpaired) electrons. The van der Waals surface area contributed by atoms with Crippen molar-refractivity contribution >= 4 is 14.1 Å². The molecule has 0 unspecified atom stereocenters. The molecule has 0 aliphatic heterocycles. The summed E-state index contributed by atoms with van der Waals surface area (Å²) in [4.78, 5) is 10.9. The Kier molecular flexibility index (Phi) is 4.12. The molecule has 0 aliphatic rings. The summed E-state index contributed by atoms with van der Waals surface area (Å²) >= 11 is 0. The van der Waals surface area contributed by atoms with Crippen molar-refractivity contribution in [1.29, 1.82) is 0 Å². The molecule has 0 aromatic carbocycles. The maximum absolute atomic E-state index is 10.9. The van der Waals surface area contributed by atoms with E-state index in [0.29, 0.717) is 12.2 Å². The molecule has 0 atom stereocenters. The summed E-state index contributed by atoms with van der Waals surface area (Å²) in [5.41, 5.74) is 0. The molecule has 0 bridgehead atoms. The van der Waals surface area contributed by atoms with E-state index in [1.807, 2.05) is 0 Å². The zero-order chi connectivity index (χ0) is 11.6. The molecule has 0 spiro atoms. The van der Waals surface area contributed by atoms with E-state index in [1.165, 1.54) is 0 Å². The van der Waals surface area contributed by atoms with Gasteiger partial charge in [-0.2, -0.15) is 0 Å². The quantitative estimate of drug-likeness (QED) is 0.529. The molecule has 0 rings (SSSR count). The van der Waals surface area contributed by atoms with E-state index in [9.17, 15) is 4.79 Å². The van der Waals surface area contributed by atoms with Gasteiger partial charge in [0.1, 0.15) is 5.78 Å². The fourth-order valence-electron chi connectivity index (χ4n) is 0.828. The summed E-state index contributed by atoms with van der Waals surface area (Å²) in [6.45, 7) is 16.1. The molecule has 0 heterocycles. The van der Waals surface area contributed by atoms with Crippen molar-refractivity contribution in [2.45, 2.75) is 52.2 Å². The summed E-state index contributed by atoms with van der Waals surface area (Å²) in [5.74, 6) is 0.720. The largest absolute Gasteiger partial charge is 0.547 e. The lowest BCUT2D eigenvalue weighted by Crippen LogP contribution is -2.40. The van der Waals surface area contributed by atoms with Gasteiger partial charge in [0.05, 0.1) is 12.2 Å². The third kappa shape index (κ3) is 4.09. The Morgan fingerprint density at radius 1 is 1.36 bits per heavy atom. The van der Waals surface area contributed by atoms with Crippen LogP contribution in [0.15, 0.2) is 12.3 Å². The van der Waals surface area contributed by atoms with Crippen LogP contribution in [0.2, 0.25) is 18.1 Å². The third-order valence-electron chi connectivity index (χ3n) is 2.65. The predicted octanol–water partition coefficient (Wildman–Crippen LogP) is 3.50. The first-order valence-corrected chi connectivity index (χ1v) is 7.83. The second kappa shape index (κ2) is 4.30. The first kappa shape index (κ1) is 13.4. The molecule has 14 heavy (non-hydrogen) atoms. The summed E-state index contributed by atoms with van der Waals surface area (Å²) in [5, 5.41) is 0.159. The number of carbonyl (C=O) groups excluding carboxylic acids is 1. The second-order valence-electron chi connectivity index (χ2n) is 5.28. The van der Waals surface area contributed by atoms with Crippen LogP contribution in [-0.2, 0) is 9.22 Å². The van der Waals surface area contributed by atoms with E-state index in [0.717, 1.165) is 0 Å². The van der Waals surface area contributed by atoms with Gasteiger partial charge in [0.2, 0.25) is 8.32 Å². The van der Waals surface area contributed by atoms with Crippen molar-refractivity contribution in [3.05, 3.63) is 12.3 Å². The lowest BCUT2D eigenvalue weighted by Gasteiger charge is -2.37. The molecule has 0 aromatic rings. The van der Waals surface area contributed by atoms with Crippen molar-refractivity contribution in [2.24, 2.45) is 0 Å². The van der Waals surface area contributed by atoms with Crippen LogP contribution in [-0.4, -0.2) is 14.1 Å². The third-order valence-corrected chi connectivity index (χ3v) is 7.06. The molecule has 0 fully saturated rings. The molecule has 0 aliphatic carbocycles. The van der Waals surface area contributed by atoms with Crippen molar-refractivity contribution in [2.75, 3.05) is 0 Å². The molecule has 2 nitrogen and oxygen atoms in total. The van der Waals surface area contributed by atoms with E-state index >= 15 is 0 Å². The molecule has 0 saturated carbocycles. The molecular formula is C11H22O2Si. The van der Waals surface area contributed by atoms with Crippen LogP contribution in [0.4, 0.5) is 0 Å². The minimum atomic E-state index is -1.79. The number of Topliss-reactive ketones (excluding diaryl/α,β-unsaturated/α-hetero) is 1. The molecule has 0 saturated heterocycles. The maximum Gasteiger partial charge on any atom is 0.250 e. The van der Waals surface area contributed by atoms with Crippen molar-refractivity contribution in [1.82, 2.24) is 0 Å². The van der Waals surface area contributed by atoms with Gasteiger partial charge in [0.15, 0.2) is 0 Å². The first-order valence-electron chi connectivity index (χ1n) is 4.92. The van der Waals surface area contributed by atoms with Crippen LogP contribution in [0.25, 0.3) is 0 Å². The summed E-state index contributed by atoms with van der Waals surface area (Å²) in [6, 6.07) is 0. The van der Waals surface area contributed by atoms with Crippen LogP contribution in [0.1, 0.15) is 34.1 Å². The number of carbonyl (C=O) groups is 1. The fraction of sp³-hybridized carbons (Fsp3) is 0.727. The van der Waals surface area contributed by atoms with Crippen LogP contribution in [0, 0.1) is 0 Å². The lowest BCUT2D eigenvalue weighted by molar-refractivity contribution is -0.116. The van der Waals surface area contributed by atoms with E-state index < -0.39 is 8.32 Å². The smallest absolute Gasteiger partial charge is 0.250 e. The van der Waals surface area contributed by atoms with Crippen molar-refractivity contribution in [3.63, 3.8) is 0 Å². The highest BCUT2D eigenvalue weighted by molar-refractivity contribution is 6.74. The molecule has 3 heteroatoms. The minimum absolute atomic E-state index is 0.105. The number of hydrogen-bond donors (Lipinski definition) is 0. The Bertz CT molecular complexity index is 236. The summed E-state index contributed by atoms with van der Waals surface area (Å²) in [7, 11) is -1.79. The van der Waals surface area contributed by atoms with E-state index in [-0.39, 0.29) is 10.8 Å². The van der Waals surface area contributed by atoms with Gasteiger partial charge in [-0.05, 0) is 25.1 Å². The molecule has 0 N–H and O–H groups in total. The summed E-state index contributed by atoms with van der Waals surface area (Å²) in [6.07, 6.45) is 0.340. The van der Waals surface area contributed by atoms with Crippen molar-refractivity contribution in [3.8, 4) is 0 Å². The van der Waals surface area contributed by atoms with E-state index in [2.05, 4.69) is 40.4 Å². The number of rotatable bonds is 4. The van der Waals surface area contributed by atoms with Crippen LogP contribution >= 0.6 is 0 Å². The minimum Gasteiger partial charge on any atom is -0.547 e. The van der Waals surface area contributed by atoms with E-state index in [4.69, 9.17) is 4.43 Å². The van der Waals surface area contributed by atoms with Gasteiger partial charge >= 0.3 is 0 Å². The molecular weight excluding hydrogens is 192 g/mol. The normalized spacial score (nSPS) is 12.4. The van der Waals surface area contributed by atoms with Gasteiger partial charge in [-0.1, -0.05) is 27.4 Å². The van der Waals surface area contributed by atoms with E-state index in [1.54, 1.807) is 6.92 Å². The van der Waals surface area contributed by atoms with Gasteiger partial charge in [-0.3, -0.25) is 4.79 Å². The van der Waals surface area contributed by atoms with Gasteiger partial charge in [0, 0.05) is 0 Å². The topological polar surface area (TPSA) is 26.3 Å². The van der Waals surface area contributed by atoms with Gasteiger partial charge in [-0.15, -0.1) is 0 Å². The molecule has 0 aromatic heterocycles. The summed E-state index contributed by atoms with van der Waals surface area (Å²) < 4.78 is 5.84. The van der Waals surface area contributed by atoms with Crippen molar-refractivity contribution < 1.29 is 9.22 Å². The Morgan fingerprint density at radius 3 is 2.07 bits per heavy atom. The maximum atomic E-state index is 10.9. The number of ketones is 1. The Labute approximate surface area is 88.5 Å². The standard InChI is InChI=1S/C11H22O2Si/c1-9(12)8-10(2)13-14(6,7)11(3,4)5/h2,8H2,1,3-7H3. The van der Waals surface area contributed by atoms with Gasteiger partial charge < -0.3 is 4.43 Å². The van der Waals surface area contributed by atoms with Gasteiger partial charge in [0.25, 0.3) is 0 Å². The number of allylic oxidation sites excluding steroid dienone is 1. The zero-order valence-electron chi connectivity index (χ0n) is 10.2. The predicted molar refractivity (Wildman–Crippen MR) is 62.7 cm³/mol. The average Bonchev–Trinajstić information content (AvgIpc) is 1.79. The Hall–Kier alpha value is -0.573. The highest BCUT2D eigenvalue weighted by Crippen LogP contribution is 2.37. The van der Waals surface area contributed by atoms with Crippen LogP contribution in [0.3, 0.4) is 0 Å². The fourth-order valence-corrected chi connectivity index (χ4v) is 1.93. The lowest BCUT2D eigenvalue weighted by atomic mass is 10.2. The highest BCUT2D eigenvalue weighted by atomic mass is 28.4. The second-order valence-corrected chi connectivity index (χ2v) is 10.0. The molecule has 82 valence electrons. The zero-order valence-corrected chi connectivity index (χ0v) is 11.2. The Balaban J connectivity index is 4.37. The highest BCUT2D eigenvalue weighted by Gasteiger charge is 2.39. The van der Waals surface area contributed by atoms with Crippen LogP contribution in [0.5, 0.6) is 0 Å². The monoisotopic (exact) mass is 214 g/mol. The number of hydrogen-bond acceptors (Lipinski definition) is 2. The van der Waals surface area contributed by atoms with Gasteiger partial charge in [-0.25, -0.2) is 0 Å². The Morgan fingerprint density at radius 2 is 1.79 bits per heavy atom.